The summed E-state index contributed by atoms with van der Waals surface area (Å²) in [5.74, 6) is 0. The molecule has 0 aromatic carbocycles. The summed E-state index contributed by atoms with van der Waals surface area (Å²) in [6.45, 7) is -0.0726. The first-order chi connectivity index (χ1) is 5.16. The number of hydrogen-bond donors (Lipinski definition) is 3. The van der Waals surface area contributed by atoms with Crippen LogP contribution in [-0.4, -0.2) is 46.5 Å². The van der Waals surface area contributed by atoms with Crippen LogP contribution in [0.5, 0.6) is 0 Å². The van der Waals surface area contributed by atoms with Gasteiger partial charge >= 0.3 is 0 Å². The number of hydrogen-bond acceptors (Lipinski definition) is 5. The summed E-state index contributed by atoms with van der Waals surface area (Å²) in [5.41, 5.74) is 0. The van der Waals surface area contributed by atoms with Crippen LogP contribution in [0.2, 0.25) is 0 Å². The molecule has 66 valence electrons. The van der Waals surface area contributed by atoms with Crippen LogP contribution in [-0.2, 0) is 9.03 Å². The van der Waals surface area contributed by atoms with Gasteiger partial charge in [-0.15, -0.1) is 0 Å². The van der Waals surface area contributed by atoms with Crippen molar-refractivity contribution in [3.63, 3.8) is 0 Å². The second kappa shape index (κ2) is 3.66. The molecule has 0 bridgehead atoms. The molecule has 0 spiro atoms. The molecule has 11 heavy (non-hydrogen) atoms. The molecule has 6 heteroatoms. The predicted octanol–water partition coefficient (Wildman–Crippen LogP) is -1.40. The third kappa shape index (κ3) is 1.81. The minimum atomic E-state index is -1.36. The minimum absolute atomic E-state index is 0.0726. The minimum Gasteiger partial charge on any atom is -0.387 e. The first-order valence-electron chi connectivity index (χ1n) is 3.10. The van der Waals surface area contributed by atoms with Gasteiger partial charge in [0.25, 0.3) is 0 Å². The van der Waals surface area contributed by atoms with Gasteiger partial charge in [-0.25, -0.2) is 0 Å². The van der Waals surface area contributed by atoms with Crippen molar-refractivity contribution in [2.24, 2.45) is 0 Å². The Balaban J connectivity index is 2.45. The second-order valence-corrected chi connectivity index (χ2v) is 2.54. The normalized spacial score (nSPS) is 44.7. The fraction of sp³-hybridized carbons (Fsp3) is 1.00. The lowest BCUT2D eigenvalue weighted by Crippen LogP contribution is -2.33. The Morgan fingerprint density at radius 1 is 1.27 bits per heavy atom. The maximum Gasteiger partial charge on any atom is 0.184 e. The number of halogens is 1. The molecule has 0 aliphatic carbocycles. The molecule has 1 aliphatic rings. The Labute approximate surface area is 68.3 Å². The summed E-state index contributed by atoms with van der Waals surface area (Å²) in [7, 11) is 0. The molecule has 0 saturated carbocycles. The molecule has 0 aromatic heterocycles. The molecule has 1 saturated heterocycles. The molecule has 1 unspecified atom stereocenters. The van der Waals surface area contributed by atoms with Crippen molar-refractivity contribution in [2.45, 2.75) is 24.6 Å². The predicted molar refractivity (Wildman–Crippen MR) is 34.7 cm³/mol. The van der Waals surface area contributed by atoms with Gasteiger partial charge in [0.05, 0.1) is 18.5 Å². The SMILES string of the molecule is OC1O[C@H](COCl)[C@@H](O)[C@H]1O. The van der Waals surface area contributed by atoms with E-state index in [1.807, 2.05) is 0 Å². The van der Waals surface area contributed by atoms with Crippen LogP contribution < -0.4 is 0 Å². The average Bonchev–Trinajstić information content (AvgIpc) is 2.19. The van der Waals surface area contributed by atoms with Gasteiger partial charge in [-0.05, 0) is 0 Å². The van der Waals surface area contributed by atoms with Gasteiger partial charge in [0, 0.05) is 0 Å². The smallest absolute Gasteiger partial charge is 0.184 e. The van der Waals surface area contributed by atoms with Crippen LogP contribution in [0.4, 0.5) is 0 Å². The van der Waals surface area contributed by atoms with Crippen molar-refractivity contribution in [1.29, 1.82) is 0 Å². The van der Waals surface area contributed by atoms with E-state index < -0.39 is 24.6 Å². The van der Waals surface area contributed by atoms with Crippen LogP contribution in [0, 0.1) is 0 Å². The summed E-state index contributed by atoms with van der Waals surface area (Å²) in [6, 6.07) is 0. The summed E-state index contributed by atoms with van der Waals surface area (Å²) in [4.78, 5) is 0. The second-order valence-electron chi connectivity index (χ2n) is 2.32. The number of rotatable bonds is 2. The van der Waals surface area contributed by atoms with Crippen LogP contribution in [0.3, 0.4) is 0 Å². The van der Waals surface area contributed by atoms with Crippen LogP contribution in [0.25, 0.3) is 0 Å². The molecule has 3 N–H and O–H groups in total. The van der Waals surface area contributed by atoms with E-state index in [-0.39, 0.29) is 6.61 Å². The molecular formula is C5H9ClO5. The first-order valence-corrected chi connectivity index (χ1v) is 3.41. The molecule has 1 aliphatic heterocycles. The van der Waals surface area contributed by atoms with E-state index in [9.17, 15) is 0 Å². The van der Waals surface area contributed by atoms with Gasteiger partial charge < -0.3 is 20.1 Å². The summed E-state index contributed by atoms with van der Waals surface area (Å²) < 4.78 is 8.83. The van der Waals surface area contributed by atoms with Crippen molar-refractivity contribution in [3.8, 4) is 0 Å². The molecule has 1 rings (SSSR count). The Morgan fingerprint density at radius 3 is 2.27 bits per heavy atom. The molecule has 1 heterocycles. The Bertz CT molecular complexity index is 132. The molecule has 1 fully saturated rings. The van der Waals surface area contributed by atoms with Gasteiger partial charge in [0.15, 0.2) is 6.29 Å². The highest BCUT2D eigenvalue weighted by molar-refractivity contribution is 6.07. The highest BCUT2D eigenvalue weighted by Crippen LogP contribution is 2.19. The zero-order valence-corrected chi connectivity index (χ0v) is 6.31. The standard InChI is InChI=1S/C5H9ClO5/c6-10-1-2-3(7)4(8)5(9)11-2/h2-5,7-9H,1H2/t2-,3-,4-,5?/m1/s1. The number of ether oxygens (including phenoxy) is 1. The van der Waals surface area contributed by atoms with Gasteiger partial charge in [-0.3, -0.25) is 4.29 Å². The number of aliphatic hydroxyl groups is 3. The van der Waals surface area contributed by atoms with Crippen LogP contribution >= 0.6 is 11.9 Å². The van der Waals surface area contributed by atoms with Gasteiger partial charge in [0.1, 0.15) is 18.3 Å². The monoisotopic (exact) mass is 184 g/mol. The van der Waals surface area contributed by atoms with E-state index in [0.717, 1.165) is 0 Å². The fourth-order valence-corrected chi connectivity index (χ4v) is 1.05. The lowest BCUT2D eigenvalue weighted by molar-refractivity contribution is -0.131. The molecule has 4 atom stereocenters. The zero-order chi connectivity index (χ0) is 8.43. The maximum absolute atomic E-state index is 9.09. The topological polar surface area (TPSA) is 79.2 Å². The molecule has 0 amide bonds. The van der Waals surface area contributed by atoms with Crippen molar-refractivity contribution in [2.75, 3.05) is 6.61 Å². The van der Waals surface area contributed by atoms with Crippen LogP contribution in [0.1, 0.15) is 0 Å². The maximum atomic E-state index is 9.09. The van der Waals surface area contributed by atoms with E-state index in [1.54, 1.807) is 0 Å². The quantitative estimate of drug-likeness (QED) is 0.492. The van der Waals surface area contributed by atoms with Crippen molar-refractivity contribution < 1.29 is 24.3 Å². The highest BCUT2D eigenvalue weighted by atomic mass is 35.5. The molecule has 5 nitrogen and oxygen atoms in total. The lowest BCUT2D eigenvalue weighted by Gasteiger charge is -2.10. The van der Waals surface area contributed by atoms with E-state index in [2.05, 4.69) is 9.03 Å². The number of aliphatic hydroxyl groups excluding tert-OH is 3. The summed E-state index contributed by atoms with van der Waals surface area (Å²) in [6.07, 6.45) is -4.56. The molecular weight excluding hydrogens is 176 g/mol. The fourth-order valence-electron chi connectivity index (χ4n) is 0.929. The van der Waals surface area contributed by atoms with Crippen molar-refractivity contribution in [1.82, 2.24) is 0 Å². The van der Waals surface area contributed by atoms with E-state index >= 15 is 0 Å². The first kappa shape index (κ1) is 9.18. The van der Waals surface area contributed by atoms with Crippen molar-refractivity contribution in [3.05, 3.63) is 0 Å². The van der Waals surface area contributed by atoms with Gasteiger partial charge in [0.2, 0.25) is 0 Å². The van der Waals surface area contributed by atoms with Crippen LogP contribution in [0.15, 0.2) is 0 Å². The molecule has 0 aromatic rings. The third-order valence-electron chi connectivity index (χ3n) is 1.56. The van der Waals surface area contributed by atoms with E-state index in [0.29, 0.717) is 0 Å². The molecule has 0 radical (unpaired) electrons. The third-order valence-corrected chi connectivity index (χ3v) is 1.69. The summed E-state index contributed by atoms with van der Waals surface area (Å²) >= 11 is 4.89. The largest absolute Gasteiger partial charge is 0.387 e. The van der Waals surface area contributed by atoms with Crippen molar-refractivity contribution >= 4 is 11.9 Å². The Kier molecular flexibility index (Phi) is 3.06. The Hall–Kier alpha value is 0.0900. The highest BCUT2D eigenvalue weighted by Gasteiger charge is 2.41. The zero-order valence-electron chi connectivity index (χ0n) is 5.55. The lowest BCUT2D eigenvalue weighted by atomic mass is 10.1. The van der Waals surface area contributed by atoms with Gasteiger partial charge in [-0.2, -0.15) is 0 Å². The summed E-state index contributed by atoms with van der Waals surface area (Å²) in [5, 5.41) is 26.9. The Morgan fingerprint density at radius 2 is 1.91 bits per heavy atom. The van der Waals surface area contributed by atoms with E-state index in [4.69, 9.17) is 27.2 Å². The average molecular weight is 185 g/mol. The van der Waals surface area contributed by atoms with Gasteiger partial charge in [-0.1, -0.05) is 0 Å². The van der Waals surface area contributed by atoms with E-state index in [1.165, 1.54) is 0 Å².